The highest BCUT2D eigenvalue weighted by atomic mass is 16.5. The molecule has 2 rings (SSSR count). The summed E-state index contributed by atoms with van der Waals surface area (Å²) in [6.07, 6.45) is 3.52. The molecule has 0 radical (unpaired) electrons. The van der Waals surface area contributed by atoms with Gasteiger partial charge in [0, 0.05) is 25.6 Å². The molecule has 1 saturated heterocycles. The second kappa shape index (κ2) is 5.80. The average Bonchev–Trinajstić information content (AvgIpc) is 3.08. The van der Waals surface area contributed by atoms with Gasteiger partial charge in [-0.25, -0.2) is 0 Å². The summed E-state index contributed by atoms with van der Waals surface area (Å²) in [5, 5.41) is 3.39. The fourth-order valence-corrected chi connectivity index (χ4v) is 3.28. The lowest BCUT2D eigenvalue weighted by atomic mass is 9.91. The van der Waals surface area contributed by atoms with Crippen LogP contribution in [0.2, 0.25) is 0 Å². The van der Waals surface area contributed by atoms with Crippen LogP contribution in [-0.4, -0.2) is 49.7 Å². The topological polar surface area (TPSA) is 41.6 Å². The molecule has 1 amide bonds. The smallest absolute Gasteiger partial charge is 0.226 e. The molecule has 4 heteroatoms. The monoisotopic (exact) mass is 268 g/mol. The molecule has 2 atom stereocenters. The van der Waals surface area contributed by atoms with E-state index in [9.17, 15) is 4.79 Å². The molecule has 1 aliphatic heterocycles. The van der Waals surface area contributed by atoms with Crippen molar-refractivity contribution in [3.63, 3.8) is 0 Å². The zero-order valence-electron chi connectivity index (χ0n) is 12.7. The normalized spacial score (nSPS) is 26.5. The number of amides is 1. The minimum absolute atomic E-state index is 0.106. The summed E-state index contributed by atoms with van der Waals surface area (Å²) >= 11 is 0. The van der Waals surface area contributed by atoms with E-state index in [4.69, 9.17) is 4.74 Å². The van der Waals surface area contributed by atoms with Gasteiger partial charge in [-0.3, -0.25) is 4.79 Å². The Morgan fingerprint density at radius 2 is 2.00 bits per heavy atom. The molecule has 2 unspecified atom stereocenters. The molecule has 0 aromatic carbocycles. The van der Waals surface area contributed by atoms with E-state index in [-0.39, 0.29) is 18.1 Å². The highest BCUT2D eigenvalue weighted by molar-refractivity contribution is 5.83. The van der Waals surface area contributed by atoms with E-state index < -0.39 is 0 Å². The van der Waals surface area contributed by atoms with Gasteiger partial charge in [-0.15, -0.1) is 0 Å². The molecule has 1 heterocycles. The molecule has 1 spiro atoms. The minimum atomic E-state index is 0.106. The quantitative estimate of drug-likeness (QED) is 0.824. The van der Waals surface area contributed by atoms with Crippen molar-refractivity contribution in [3.8, 4) is 0 Å². The van der Waals surface area contributed by atoms with Crippen LogP contribution in [0.15, 0.2) is 0 Å². The van der Waals surface area contributed by atoms with Crippen molar-refractivity contribution in [2.24, 2.45) is 11.3 Å². The molecular weight excluding hydrogens is 240 g/mol. The molecule has 110 valence electrons. The van der Waals surface area contributed by atoms with Crippen molar-refractivity contribution in [1.82, 2.24) is 10.2 Å². The van der Waals surface area contributed by atoms with Crippen molar-refractivity contribution >= 4 is 5.91 Å². The number of rotatable bonds is 5. The van der Waals surface area contributed by atoms with E-state index in [1.54, 1.807) is 7.11 Å². The molecule has 4 nitrogen and oxygen atoms in total. The maximum absolute atomic E-state index is 12.7. The Balaban J connectivity index is 1.97. The third-order valence-electron chi connectivity index (χ3n) is 4.85. The first kappa shape index (κ1) is 14.8. The summed E-state index contributed by atoms with van der Waals surface area (Å²) < 4.78 is 5.31. The third-order valence-corrected chi connectivity index (χ3v) is 4.85. The molecule has 1 saturated carbocycles. The first-order valence-electron chi connectivity index (χ1n) is 7.54. The number of hydrogen-bond acceptors (Lipinski definition) is 3. The predicted octanol–water partition coefficient (Wildman–Crippen LogP) is 1.65. The van der Waals surface area contributed by atoms with Gasteiger partial charge in [-0.1, -0.05) is 0 Å². The number of nitrogens with one attached hydrogen (secondary N) is 1. The highest BCUT2D eigenvalue weighted by Crippen LogP contribution is 2.59. The summed E-state index contributed by atoms with van der Waals surface area (Å²) in [4.78, 5) is 14.7. The molecule has 0 aromatic rings. The zero-order chi connectivity index (χ0) is 14.0. The molecule has 0 aromatic heterocycles. The van der Waals surface area contributed by atoms with Crippen LogP contribution in [0, 0.1) is 11.3 Å². The molecule has 2 fully saturated rings. The Morgan fingerprint density at radius 3 is 2.53 bits per heavy atom. The van der Waals surface area contributed by atoms with Crippen molar-refractivity contribution in [2.75, 3.05) is 26.7 Å². The number of methoxy groups -OCH3 is 1. The highest BCUT2D eigenvalue weighted by Gasteiger charge is 2.58. The lowest BCUT2D eigenvalue weighted by Gasteiger charge is -2.31. The fourth-order valence-electron chi connectivity index (χ4n) is 3.28. The van der Waals surface area contributed by atoms with E-state index in [0.717, 1.165) is 32.4 Å². The molecule has 1 N–H and O–H groups in total. The van der Waals surface area contributed by atoms with Crippen LogP contribution in [0.3, 0.4) is 0 Å². The van der Waals surface area contributed by atoms with E-state index >= 15 is 0 Å². The Bertz CT molecular complexity index is 324. The van der Waals surface area contributed by atoms with E-state index in [2.05, 4.69) is 19.2 Å². The third kappa shape index (κ3) is 3.11. The maximum atomic E-state index is 12.7. The second-order valence-electron chi connectivity index (χ2n) is 6.50. The van der Waals surface area contributed by atoms with Crippen LogP contribution >= 0.6 is 0 Å². The summed E-state index contributed by atoms with van der Waals surface area (Å²) in [5.74, 6) is 0.613. The number of nitrogens with zero attached hydrogens (tertiary/aromatic N) is 1. The van der Waals surface area contributed by atoms with Crippen LogP contribution in [0.5, 0.6) is 0 Å². The largest absolute Gasteiger partial charge is 0.380 e. The minimum Gasteiger partial charge on any atom is -0.380 e. The first-order valence-corrected chi connectivity index (χ1v) is 7.54. The molecule has 2 aliphatic rings. The SMILES string of the molecule is COC(C)CN(C(=O)C1CC12CCNCC2)C(C)C. The summed E-state index contributed by atoms with van der Waals surface area (Å²) in [7, 11) is 1.71. The van der Waals surface area contributed by atoms with Crippen LogP contribution in [-0.2, 0) is 9.53 Å². The molecule has 1 aliphatic carbocycles. The lowest BCUT2D eigenvalue weighted by Crippen LogP contribution is -2.44. The summed E-state index contributed by atoms with van der Waals surface area (Å²) in [6, 6.07) is 0.254. The van der Waals surface area contributed by atoms with Gasteiger partial charge in [-0.05, 0) is 58.5 Å². The molecule has 19 heavy (non-hydrogen) atoms. The zero-order valence-corrected chi connectivity index (χ0v) is 12.7. The lowest BCUT2D eigenvalue weighted by molar-refractivity contribution is -0.137. The number of hydrogen-bond donors (Lipinski definition) is 1. The van der Waals surface area contributed by atoms with Gasteiger partial charge < -0.3 is 15.0 Å². The van der Waals surface area contributed by atoms with Gasteiger partial charge >= 0.3 is 0 Å². The van der Waals surface area contributed by atoms with Crippen LogP contribution in [0.25, 0.3) is 0 Å². The number of carbonyl (C=O) groups is 1. The Morgan fingerprint density at radius 1 is 1.37 bits per heavy atom. The van der Waals surface area contributed by atoms with E-state index in [0.29, 0.717) is 17.9 Å². The van der Waals surface area contributed by atoms with Gasteiger partial charge in [-0.2, -0.15) is 0 Å². The predicted molar refractivity (Wildman–Crippen MR) is 76.0 cm³/mol. The van der Waals surface area contributed by atoms with Gasteiger partial charge in [0.25, 0.3) is 0 Å². The van der Waals surface area contributed by atoms with E-state index in [1.165, 1.54) is 0 Å². The number of carbonyl (C=O) groups excluding carboxylic acids is 1. The van der Waals surface area contributed by atoms with Crippen LogP contribution < -0.4 is 5.32 Å². The standard InChI is InChI=1S/C15H28N2O2/c1-11(2)17(10-12(3)19-4)14(18)13-9-15(13)5-7-16-8-6-15/h11-13,16H,5-10H2,1-4H3. The Hall–Kier alpha value is -0.610. The Labute approximate surface area is 116 Å². The van der Waals surface area contributed by atoms with Gasteiger partial charge in [0.05, 0.1) is 6.10 Å². The van der Waals surface area contributed by atoms with Crippen LogP contribution in [0.4, 0.5) is 0 Å². The van der Waals surface area contributed by atoms with Crippen molar-refractivity contribution in [1.29, 1.82) is 0 Å². The average molecular weight is 268 g/mol. The van der Waals surface area contributed by atoms with Crippen molar-refractivity contribution in [3.05, 3.63) is 0 Å². The fraction of sp³-hybridized carbons (Fsp3) is 0.933. The summed E-state index contributed by atoms with van der Waals surface area (Å²) in [6.45, 7) is 9.06. The van der Waals surface area contributed by atoms with Gasteiger partial charge in [0.15, 0.2) is 0 Å². The number of piperidine rings is 1. The van der Waals surface area contributed by atoms with E-state index in [1.807, 2.05) is 11.8 Å². The van der Waals surface area contributed by atoms with Gasteiger partial charge in [0.1, 0.15) is 0 Å². The Kier molecular flexibility index (Phi) is 4.51. The second-order valence-corrected chi connectivity index (χ2v) is 6.50. The summed E-state index contributed by atoms with van der Waals surface area (Å²) in [5.41, 5.74) is 0.325. The molecule has 0 bridgehead atoms. The van der Waals surface area contributed by atoms with Crippen LogP contribution in [0.1, 0.15) is 40.0 Å². The van der Waals surface area contributed by atoms with Crippen molar-refractivity contribution < 1.29 is 9.53 Å². The maximum Gasteiger partial charge on any atom is 0.226 e. The van der Waals surface area contributed by atoms with Gasteiger partial charge in [0.2, 0.25) is 5.91 Å². The number of ether oxygens (including phenoxy) is 1. The van der Waals surface area contributed by atoms with Crippen molar-refractivity contribution in [2.45, 2.75) is 52.2 Å². The first-order chi connectivity index (χ1) is 9.00. The molecular formula is C15H28N2O2.